The second-order valence-electron chi connectivity index (χ2n) is 8.81. The van der Waals surface area contributed by atoms with E-state index in [9.17, 15) is 31.2 Å². The van der Waals surface area contributed by atoms with Crippen LogP contribution in [0.1, 0.15) is 53.4 Å². The predicted molar refractivity (Wildman–Crippen MR) is 140 cm³/mol. The molecule has 0 aliphatic rings. The Morgan fingerprint density at radius 1 is 0.895 bits per heavy atom. The molecule has 0 fully saturated rings. The van der Waals surface area contributed by atoms with Crippen molar-refractivity contribution in [2.24, 2.45) is 0 Å². The normalized spacial score (nSPS) is 12.6. The number of hydrogen-bond acceptors (Lipinski definition) is 4. The van der Waals surface area contributed by atoms with Crippen LogP contribution in [0.15, 0.2) is 77.7 Å². The number of nitrogens with zero attached hydrogens (tertiary/aromatic N) is 1. The molecule has 1 unspecified atom stereocenters. The van der Waals surface area contributed by atoms with Gasteiger partial charge in [-0.15, -0.1) is 0 Å². The van der Waals surface area contributed by atoms with Gasteiger partial charge in [-0.05, 0) is 66.1 Å². The Balaban J connectivity index is 1.63. The third-order valence-electron chi connectivity index (χ3n) is 6.24. The maximum atomic E-state index is 13.1. The number of nitrogens with one attached hydrogen (secondary N) is 1. The van der Waals surface area contributed by atoms with Crippen LogP contribution in [0.3, 0.4) is 0 Å². The summed E-state index contributed by atoms with van der Waals surface area (Å²) in [6, 6.07) is 16.8. The molecule has 3 aromatic rings. The molecule has 0 aliphatic carbocycles. The molecule has 6 nitrogen and oxygen atoms in total. The number of anilines is 1. The van der Waals surface area contributed by atoms with E-state index < -0.39 is 27.6 Å². The van der Waals surface area contributed by atoms with Gasteiger partial charge in [0.25, 0.3) is 5.91 Å². The molecule has 1 atom stereocenters. The van der Waals surface area contributed by atoms with Crippen molar-refractivity contribution in [1.29, 1.82) is 0 Å². The molecule has 0 saturated heterocycles. The van der Waals surface area contributed by atoms with E-state index in [1.165, 1.54) is 29.2 Å². The zero-order valence-electron chi connectivity index (χ0n) is 21.2. The monoisotopic (exact) mass is 546 g/mol. The lowest BCUT2D eigenvalue weighted by atomic mass is 10.0. The molecule has 10 heteroatoms. The SMILES string of the molecule is CCC(c1ccc(C(F)(F)F)cc1)N(C)C(=O)c1ccc(NC(=O)Cc2ccc(S(=O)(=O)CC)cc2)cc1. The molecule has 3 aromatic carbocycles. The Labute approximate surface area is 220 Å². The van der Waals surface area contributed by atoms with Crippen molar-refractivity contribution in [3.8, 4) is 0 Å². The van der Waals surface area contributed by atoms with Crippen LogP contribution in [0.2, 0.25) is 0 Å². The highest BCUT2D eigenvalue weighted by Gasteiger charge is 2.30. The summed E-state index contributed by atoms with van der Waals surface area (Å²) in [6.07, 6.45) is -3.88. The van der Waals surface area contributed by atoms with Crippen molar-refractivity contribution in [3.05, 3.63) is 95.1 Å². The molecule has 0 bridgehead atoms. The molecule has 38 heavy (non-hydrogen) atoms. The van der Waals surface area contributed by atoms with Gasteiger partial charge in [-0.3, -0.25) is 9.59 Å². The van der Waals surface area contributed by atoms with E-state index in [0.29, 0.717) is 28.8 Å². The van der Waals surface area contributed by atoms with Crippen molar-refractivity contribution in [1.82, 2.24) is 4.90 Å². The minimum absolute atomic E-state index is 0.00468. The van der Waals surface area contributed by atoms with Crippen molar-refractivity contribution in [2.75, 3.05) is 18.1 Å². The van der Waals surface area contributed by atoms with E-state index in [2.05, 4.69) is 5.32 Å². The summed E-state index contributed by atoms with van der Waals surface area (Å²) >= 11 is 0. The van der Waals surface area contributed by atoms with E-state index in [1.54, 1.807) is 50.4 Å². The third-order valence-corrected chi connectivity index (χ3v) is 7.99. The smallest absolute Gasteiger partial charge is 0.335 e. The first-order chi connectivity index (χ1) is 17.9. The third kappa shape index (κ3) is 7.00. The molecule has 0 aliphatic heterocycles. The first kappa shape index (κ1) is 28.9. The number of alkyl halides is 3. The molecule has 1 N–H and O–H groups in total. The van der Waals surface area contributed by atoms with Crippen LogP contribution in [0.5, 0.6) is 0 Å². The standard InChI is InChI=1S/C28H29F3N2O4S/c1-4-25(20-8-12-22(13-9-20)28(29,30)31)33(3)27(35)21-10-14-23(15-11-21)32-26(34)18-19-6-16-24(17-7-19)38(36,37)5-2/h6-17,25H,4-5,18H2,1-3H3,(H,32,34). The first-order valence-corrected chi connectivity index (χ1v) is 13.7. The fraction of sp³-hybridized carbons (Fsp3) is 0.286. The number of sulfone groups is 1. The first-order valence-electron chi connectivity index (χ1n) is 12.0. The Bertz CT molecular complexity index is 1370. The van der Waals surface area contributed by atoms with Crippen LogP contribution in [0.25, 0.3) is 0 Å². The van der Waals surface area contributed by atoms with Crippen LogP contribution in [-0.4, -0.2) is 37.9 Å². The largest absolute Gasteiger partial charge is 0.416 e. The zero-order chi connectivity index (χ0) is 28.1. The number of amides is 2. The van der Waals surface area contributed by atoms with Crippen LogP contribution < -0.4 is 5.32 Å². The number of benzene rings is 3. The number of carbonyl (C=O) groups excluding carboxylic acids is 2. The summed E-state index contributed by atoms with van der Waals surface area (Å²) in [5.74, 6) is -0.618. The Hall–Kier alpha value is -3.66. The van der Waals surface area contributed by atoms with Crippen LogP contribution in [0, 0.1) is 0 Å². The summed E-state index contributed by atoms with van der Waals surface area (Å²) in [6.45, 7) is 3.41. The summed E-state index contributed by atoms with van der Waals surface area (Å²) in [5, 5.41) is 2.75. The van der Waals surface area contributed by atoms with Gasteiger partial charge in [0, 0.05) is 18.3 Å². The fourth-order valence-electron chi connectivity index (χ4n) is 4.04. The minimum Gasteiger partial charge on any atom is -0.335 e. The van der Waals surface area contributed by atoms with Gasteiger partial charge in [-0.25, -0.2) is 8.42 Å². The number of halogens is 3. The van der Waals surface area contributed by atoms with Crippen LogP contribution in [-0.2, 0) is 27.2 Å². The maximum Gasteiger partial charge on any atom is 0.416 e. The van der Waals surface area contributed by atoms with Gasteiger partial charge in [0.1, 0.15) is 0 Å². The topological polar surface area (TPSA) is 83.6 Å². The molecule has 202 valence electrons. The lowest BCUT2D eigenvalue weighted by Crippen LogP contribution is -2.31. The van der Waals surface area contributed by atoms with E-state index in [0.717, 1.165) is 12.1 Å². The highest BCUT2D eigenvalue weighted by atomic mass is 32.2. The summed E-state index contributed by atoms with van der Waals surface area (Å²) in [5.41, 5.74) is 1.35. The summed E-state index contributed by atoms with van der Waals surface area (Å²) in [7, 11) is -1.71. The molecule has 0 spiro atoms. The molecule has 3 rings (SSSR count). The number of rotatable bonds is 9. The maximum absolute atomic E-state index is 13.1. The van der Waals surface area contributed by atoms with Crippen molar-refractivity contribution in [3.63, 3.8) is 0 Å². The molecule has 2 amide bonds. The van der Waals surface area contributed by atoms with Gasteiger partial charge in [-0.2, -0.15) is 13.2 Å². The number of carbonyl (C=O) groups is 2. The Morgan fingerprint density at radius 3 is 1.97 bits per heavy atom. The lowest BCUT2D eigenvalue weighted by Gasteiger charge is -2.28. The van der Waals surface area contributed by atoms with Crippen LogP contribution in [0.4, 0.5) is 18.9 Å². The fourth-order valence-corrected chi connectivity index (χ4v) is 4.92. The second kappa shape index (κ2) is 11.8. The van der Waals surface area contributed by atoms with E-state index in [-0.39, 0.29) is 28.9 Å². The van der Waals surface area contributed by atoms with Gasteiger partial charge < -0.3 is 10.2 Å². The van der Waals surface area contributed by atoms with Gasteiger partial charge in [0.2, 0.25) is 5.91 Å². The highest BCUT2D eigenvalue weighted by molar-refractivity contribution is 7.91. The number of hydrogen-bond donors (Lipinski definition) is 1. The molecule has 0 heterocycles. The van der Waals surface area contributed by atoms with E-state index >= 15 is 0 Å². The minimum atomic E-state index is -4.43. The Morgan fingerprint density at radius 2 is 1.47 bits per heavy atom. The zero-order valence-corrected chi connectivity index (χ0v) is 22.1. The molecular formula is C28H29F3N2O4S. The molecule has 0 saturated carbocycles. The second-order valence-corrected chi connectivity index (χ2v) is 11.1. The van der Waals surface area contributed by atoms with E-state index in [1.807, 2.05) is 6.92 Å². The lowest BCUT2D eigenvalue weighted by molar-refractivity contribution is -0.137. The molecule has 0 radical (unpaired) electrons. The van der Waals surface area contributed by atoms with Crippen LogP contribution >= 0.6 is 0 Å². The summed E-state index contributed by atoms with van der Waals surface area (Å²) in [4.78, 5) is 27.2. The van der Waals surface area contributed by atoms with Crippen molar-refractivity contribution < 1.29 is 31.2 Å². The average Bonchev–Trinajstić information content (AvgIpc) is 2.89. The predicted octanol–water partition coefficient (Wildman–Crippen LogP) is 5.90. The van der Waals surface area contributed by atoms with Gasteiger partial charge in [0.05, 0.1) is 28.7 Å². The van der Waals surface area contributed by atoms with Crippen molar-refractivity contribution in [2.45, 2.75) is 43.8 Å². The van der Waals surface area contributed by atoms with E-state index in [4.69, 9.17) is 0 Å². The highest BCUT2D eigenvalue weighted by Crippen LogP contribution is 2.32. The quantitative estimate of drug-likeness (QED) is 0.362. The Kier molecular flexibility index (Phi) is 8.98. The molecule has 0 aromatic heterocycles. The molecular weight excluding hydrogens is 517 g/mol. The average molecular weight is 547 g/mol. The van der Waals surface area contributed by atoms with Gasteiger partial charge in [-0.1, -0.05) is 38.1 Å². The van der Waals surface area contributed by atoms with Gasteiger partial charge in [0.15, 0.2) is 9.84 Å². The van der Waals surface area contributed by atoms with Gasteiger partial charge >= 0.3 is 6.18 Å². The van der Waals surface area contributed by atoms with Crippen molar-refractivity contribution >= 4 is 27.3 Å². The summed E-state index contributed by atoms with van der Waals surface area (Å²) < 4.78 is 62.5.